The van der Waals surface area contributed by atoms with E-state index in [2.05, 4.69) is 16.0 Å². The molecule has 0 aliphatic rings. The van der Waals surface area contributed by atoms with Gasteiger partial charge in [-0.05, 0) is 36.0 Å². The molecular formula is C13H8N4OS. The molecular weight excluding hydrogens is 260 g/mol. The molecule has 2 heterocycles. The predicted molar refractivity (Wildman–Crippen MR) is 71.5 cm³/mol. The Hall–Kier alpha value is -2.52. The maximum Gasteiger partial charge on any atom is 0.261 e. The van der Waals surface area contributed by atoms with Gasteiger partial charge in [-0.1, -0.05) is 0 Å². The van der Waals surface area contributed by atoms with Crippen molar-refractivity contribution in [2.24, 2.45) is 0 Å². The zero-order chi connectivity index (χ0) is 13.2. The van der Waals surface area contributed by atoms with Crippen molar-refractivity contribution >= 4 is 28.5 Å². The lowest BCUT2D eigenvalue weighted by Crippen LogP contribution is -1.83. The van der Waals surface area contributed by atoms with Gasteiger partial charge in [0.2, 0.25) is 0 Å². The Morgan fingerprint density at radius 2 is 2.21 bits per heavy atom. The van der Waals surface area contributed by atoms with E-state index in [-0.39, 0.29) is 0 Å². The number of nitrogens with zero attached hydrogens (tertiary/aromatic N) is 3. The minimum Gasteiger partial charge on any atom is -0.431 e. The summed E-state index contributed by atoms with van der Waals surface area (Å²) in [7, 11) is 0. The van der Waals surface area contributed by atoms with Crippen LogP contribution in [0.2, 0.25) is 0 Å². The maximum atomic E-state index is 9.01. The third-order valence-electron chi connectivity index (χ3n) is 2.49. The molecule has 0 saturated heterocycles. The van der Waals surface area contributed by atoms with Gasteiger partial charge in [0, 0.05) is 18.1 Å². The first-order valence-electron chi connectivity index (χ1n) is 5.44. The van der Waals surface area contributed by atoms with Crippen LogP contribution in [-0.4, -0.2) is 9.97 Å². The molecule has 0 aliphatic heterocycles. The van der Waals surface area contributed by atoms with Gasteiger partial charge in [-0.2, -0.15) is 5.26 Å². The van der Waals surface area contributed by atoms with Gasteiger partial charge in [0.1, 0.15) is 11.6 Å². The number of aromatic nitrogens is 2. The lowest BCUT2D eigenvalue weighted by Gasteiger charge is -1.97. The van der Waals surface area contributed by atoms with Crippen molar-refractivity contribution in [1.82, 2.24) is 9.97 Å². The number of nitrogen functional groups attached to an aromatic ring is 1. The highest BCUT2D eigenvalue weighted by molar-refractivity contribution is 7.99. The summed E-state index contributed by atoms with van der Waals surface area (Å²) in [5, 5.41) is 9.48. The van der Waals surface area contributed by atoms with Crippen molar-refractivity contribution in [3.8, 4) is 6.07 Å². The number of nitrogens with two attached hydrogens (primary N) is 1. The van der Waals surface area contributed by atoms with Crippen LogP contribution in [0.15, 0.2) is 51.2 Å². The van der Waals surface area contributed by atoms with E-state index in [0.29, 0.717) is 32.5 Å². The lowest BCUT2D eigenvalue weighted by atomic mass is 10.3. The Kier molecular flexibility index (Phi) is 2.82. The van der Waals surface area contributed by atoms with Crippen molar-refractivity contribution in [2.75, 3.05) is 5.73 Å². The van der Waals surface area contributed by atoms with Crippen LogP contribution < -0.4 is 5.73 Å². The average Bonchev–Trinajstić information content (AvgIpc) is 2.80. The SMILES string of the molecule is N#Cc1ccncc1Sc1nc2cc(N)ccc2o1. The Labute approximate surface area is 113 Å². The zero-order valence-electron chi connectivity index (χ0n) is 9.70. The predicted octanol–water partition coefficient (Wildman–Crippen LogP) is 2.83. The van der Waals surface area contributed by atoms with Crippen LogP contribution >= 0.6 is 11.8 Å². The molecule has 0 saturated carbocycles. The minimum absolute atomic E-state index is 0.463. The molecule has 3 aromatic rings. The number of rotatable bonds is 2. The quantitative estimate of drug-likeness (QED) is 0.719. The second kappa shape index (κ2) is 4.63. The third-order valence-corrected chi connectivity index (χ3v) is 3.39. The van der Waals surface area contributed by atoms with Crippen LogP contribution in [0.25, 0.3) is 11.1 Å². The summed E-state index contributed by atoms with van der Waals surface area (Å²) >= 11 is 1.27. The molecule has 0 atom stereocenters. The zero-order valence-corrected chi connectivity index (χ0v) is 10.5. The number of oxazole rings is 1. The first-order valence-corrected chi connectivity index (χ1v) is 6.26. The topological polar surface area (TPSA) is 88.7 Å². The van der Waals surface area contributed by atoms with E-state index in [1.54, 1.807) is 36.7 Å². The second-order valence-corrected chi connectivity index (χ2v) is 4.79. The smallest absolute Gasteiger partial charge is 0.261 e. The first-order chi connectivity index (χ1) is 9.26. The van der Waals surface area contributed by atoms with E-state index in [0.717, 1.165) is 0 Å². The van der Waals surface area contributed by atoms with Gasteiger partial charge in [-0.3, -0.25) is 4.98 Å². The summed E-state index contributed by atoms with van der Waals surface area (Å²) in [4.78, 5) is 9.03. The molecule has 19 heavy (non-hydrogen) atoms. The van der Waals surface area contributed by atoms with Gasteiger partial charge in [-0.25, -0.2) is 4.98 Å². The molecule has 5 nitrogen and oxygen atoms in total. The van der Waals surface area contributed by atoms with E-state index in [1.807, 2.05) is 0 Å². The second-order valence-electron chi connectivity index (χ2n) is 3.79. The molecule has 2 aromatic heterocycles. The molecule has 0 bridgehead atoms. The monoisotopic (exact) mass is 268 g/mol. The summed E-state index contributed by atoms with van der Waals surface area (Å²) < 4.78 is 5.59. The number of anilines is 1. The van der Waals surface area contributed by atoms with Crippen LogP contribution in [0.5, 0.6) is 0 Å². The standard InChI is InChI=1S/C13H8N4OS/c14-6-8-3-4-16-7-12(8)19-13-17-10-5-9(15)1-2-11(10)18-13/h1-5,7H,15H2. The first kappa shape index (κ1) is 11.6. The fourth-order valence-corrected chi connectivity index (χ4v) is 2.42. The fourth-order valence-electron chi connectivity index (χ4n) is 1.61. The number of fused-ring (bicyclic) bond motifs is 1. The van der Waals surface area contributed by atoms with E-state index in [4.69, 9.17) is 15.4 Å². The molecule has 2 N–H and O–H groups in total. The highest BCUT2D eigenvalue weighted by Gasteiger charge is 2.10. The molecule has 0 spiro atoms. The summed E-state index contributed by atoms with van der Waals surface area (Å²) in [6.45, 7) is 0. The van der Waals surface area contributed by atoms with Crippen molar-refractivity contribution in [3.05, 3.63) is 42.2 Å². The summed E-state index contributed by atoms with van der Waals surface area (Å²) in [6.07, 6.45) is 3.20. The fraction of sp³-hybridized carbons (Fsp3) is 0. The molecule has 0 amide bonds. The number of pyridine rings is 1. The highest BCUT2D eigenvalue weighted by atomic mass is 32.2. The number of hydrogen-bond donors (Lipinski definition) is 1. The van der Waals surface area contributed by atoms with Gasteiger partial charge in [0.25, 0.3) is 5.22 Å². The molecule has 3 rings (SSSR count). The molecule has 0 fully saturated rings. The Morgan fingerprint density at radius 1 is 1.32 bits per heavy atom. The molecule has 92 valence electrons. The van der Waals surface area contributed by atoms with E-state index in [9.17, 15) is 0 Å². The van der Waals surface area contributed by atoms with Gasteiger partial charge in [0.15, 0.2) is 5.58 Å². The third kappa shape index (κ3) is 2.23. The van der Waals surface area contributed by atoms with Crippen LogP contribution in [0, 0.1) is 11.3 Å². The van der Waals surface area contributed by atoms with Crippen molar-refractivity contribution in [1.29, 1.82) is 5.26 Å². The molecule has 6 heteroatoms. The van der Waals surface area contributed by atoms with E-state index >= 15 is 0 Å². The summed E-state index contributed by atoms with van der Waals surface area (Å²) in [5.41, 5.74) is 8.23. The van der Waals surface area contributed by atoms with E-state index < -0.39 is 0 Å². The Balaban J connectivity index is 1.99. The van der Waals surface area contributed by atoms with Gasteiger partial charge in [-0.15, -0.1) is 0 Å². The van der Waals surface area contributed by atoms with Crippen molar-refractivity contribution in [3.63, 3.8) is 0 Å². The van der Waals surface area contributed by atoms with Crippen LogP contribution in [-0.2, 0) is 0 Å². The number of nitriles is 1. The van der Waals surface area contributed by atoms with Crippen molar-refractivity contribution in [2.45, 2.75) is 10.1 Å². The summed E-state index contributed by atoms with van der Waals surface area (Å²) in [6, 6.07) is 9.04. The number of benzene rings is 1. The molecule has 0 radical (unpaired) electrons. The molecule has 1 aromatic carbocycles. The van der Waals surface area contributed by atoms with Crippen molar-refractivity contribution < 1.29 is 4.42 Å². The van der Waals surface area contributed by atoms with Crippen LogP contribution in [0.1, 0.15) is 5.56 Å². The minimum atomic E-state index is 0.463. The van der Waals surface area contributed by atoms with Crippen LogP contribution in [0.4, 0.5) is 5.69 Å². The molecule has 0 unspecified atom stereocenters. The largest absolute Gasteiger partial charge is 0.431 e. The summed E-state index contributed by atoms with van der Waals surface area (Å²) in [5.74, 6) is 0. The normalized spacial score (nSPS) is 10.5. The van der Waals surface area contributed by atoms with Gasteiger partial charge < -0.3 is 10.2 Å². The average molecular weight is 268 g/mol. The van der Waals surface area contributed by atoms with Crippen LogP contribution in [0.3, 0.4) is 0 Å². The van der Waals surface area contributed by atoms with E-state index in [1.165, 1.54) is 11.8 Å². The number of hydrogen-bond acceptors (Lipinski definition) is 6. The van der Waals surface area contributed by atoms with Gasteiger partial charge >= 0.3 is 0 Å². The lowest BCUT2D eigenvalue weighted by molar-refractivity contribution is 0.489. The van der Waals surface area contributed by atoms with Gasteiger partial charge in [0.05, 0.1) is 10.5 Å². The maximum absolute atomic E-state index is 9.01. The highest BCUT2D eigenvalue weighted by Crippen LogP contribution is 2.31. The Bertz CT molecular complexity index is 791. The molecule has 0 aliphatic carbocycles. The Morgan fingerprint density at radius 3 is 3.05 bits per heavy atom.